The molecule has 0 bridgehead atoms. The van der Waals surface area contributed by atoms with Gasteiger partial charge in [-0.2, -0.15) is 0 Å². The van der Waals surface area contributed by atoms with Gasteiger partial charge in [0.2, 0.25) is 0 Å². The molecule has 2 atom stereocenters. The summed E-state index contributed by atoms with van der Waals surface area (Å²) in [6.07, 6.45) is -1.36. The second-order valence-corrected chi connectivity index (χ2v) is 2.07. The topological polar surface area (TPSA) is 26.3 Å². The zero-order valence-corrected chi connectivity index (χ0v) is 5.98. The van der Waals surface area contributed by atoms with E-state index in [0.717, 1.165) is 0 Å². The molecule has 0 amide bonds. The van der Waals surface area contributed by atoms with E-state index in [1.54, 1.807) is 0 Å². The number of ether oxygens (including phenoxy) is 1. The Balaban J connectivity index is 3.72. The van der Waals surface area contributed by atoms with Crippen molar-refractivity contribution >= 4 is 17.6 Å². The Bertz CT molecular complexity index is 105. The Morgan fingerprint density at radius 3 is 2.33 bits per heavy atom. The lowest BCUT2D eigenvalue weighted by Crippen LogP contribution is -2.24. The van der Waals surface area contributed by atoms with Gasteiger partial charge in [-0.1, -0.05) is 0 Å². The van der Waals surface area contributed by atoms with Crippen LogP contribution in [0.1, 0.15) is 6.92 Å². The van der Waals surface area contributed by atoms with Crippen LogP contribution in [0.2, 0.25) is 0 Å². The number of esters is 1. The molecule has 0 spiro atoms. The van der Waals surface area contributed by atoms with Gasteiger partial charge in [-0.3, -0.25) is 4.79 Å². The SMILES string of the molecule is COC(=O)C(Cl)C(C)F. The maximum Gasteiger partial charge on any atom is 0.326 e. The fourth-order valence-corrected chi connectivity index (χ4v) is 0.389. The van der Waals surface area contributed by atoms with Crippen molar-refractivity contribution < 1.29 is 13.9 Å². The van der Waals surface area contributed by atoms with Crippen LogP contribution in [0.25, 0.3) is 0 Å². The third-order valence-electron chi connectivity index (χ3n) is 0.830. The van der Waals surface area contributed by atoms with E-state index in [0.29, 0.717) is 0 Å². The molecule has 2 unspecified atom stereocenters. The monoisotopic (exact) mass is 154 g/mol. The van der Waals surface area contributed by atoms with E-state index >= 15 is 0 Å². The molecule has 9 heavy (non-hydrogen) atoms. The van der Waals surface area contributed by atoms with Crippen molar-refractivity contribution in [3.8, 4) is 0 Å². The summed E-state index contributed by atoms with van der Waals surface area (Å²) in [7, 11) is 1.17. The lowest BCUT2D eigenvalue weighted by atomic mass is 10.3. The Morgan fingerprint density at radius 2 is 2.22 bits per heavy atom. The molecule has 4 heteroatoms. The van der Waals surface area contributed by atoms with Crippen LogP contribution in [-0.2, 0) is 9.53 Å². The third kappa shape index (κ3) is 2.65. The molecule has 0 aliphatic heterocycles. The second kappa shape index (κ2) is 3.67. The van der Waals surface area contributed by atoms with Crippen molar-refractivity contribution in [2.75, 3.05) is 7.11 Å². The molecule has 0 aromatic carbocycles. The highest BCUT2D eigenvalue weighted by atomic mass is 35.5. The van der Waals surface area contributed by atoms with Crippen LogP contribution in [0.5, 0.6) is 0 Å². The van der Waals surface area contributed by atoms with E-state index in [-0.39, 0.29) is 0 Å². The molecule has 0 radical (unpaired) electrons. The van der Waals surface area contributed by atoms with E-state index in [9.17, 15) is 9.18 Å². The minimum atomic E-state index is -1.36. The fourth-order valence-electron chi connectivity index (χ4n) is 0.300. The Morgan fingerprint density at radius 1 is 1.78 bits per heavy atom. The normalized spacial score (nSPS) is 16.4. The number of hydrogen-bond acceptors (Lipinski definition) is 2. The van der Waals surface area contributed by atoms with Crippen molar-refractivity contribution in [2.45, 2.75) is 18.5 Å². The van der Waals surface area contributed by atoms with Crippen molar-refractivity contribution in [2.24, 2.45) is 0 Å². The van der Waals surface area contributed by atoms with Crippen LogP contribution in [0, 0.1) is 0 Å². The number of carbonyl (C=O) groups is 1. The average Bonchev–Trinajstić information content (AvgIpc) is 1.84. The van der Waals surface area contributed by atoms with Crippen LogP contribution in [-0.4, -0.2) is 24.6 Å². The molecule has 0 N–H and O–H groups in total. The first-order chi connectivity index (χ1) is 4.09. The molecule has 0 saturated heterocycles. The summed E-state index contributed by atoms with van der Waals surface area (Å²) in [5.74, 6) is -0.730. The number of methoxy groups -OCH3 is 1. The number of carbonyl (C=O) groups excluding carboxylic acids is 1. The van der Waals surface area contributed by atoms with Crippen molar-refractivity contribution in [3.63, 3.8) is 0 Å². The van der Waals surface area contributed by atoms with Crippen LogP contribution in [0.3, 0.4) is 0 Å². The van der Waals surface area contributed by atoms with Gasteiger partial charge in [0.05, 0.1) is 7.11 Å². The predicted octanol–water partition coefficient (Wildman–Crippen LogP) is 1.12. The van der Waals surface area contributed by atoms with Gasteiger partial charge in [0.1, 0.15) is 6.17 Å². The van der Waals surface area contributed by atoms with Crippen molar-refractivity contribution in [1.82, 2.24) is 0 Å². The average molecular weight is 155 g/mol. The quantitative estimate of drug-likeness (QED) is 0.440. The van der Waals surface area contributed by atoms with E-state index in [1.165, 1.54) is 14.0 Å². The number of rotatable bonds is 2. The van der Waals surface area contributed by atoms with E-state index in [4.69, 9.17) is 11.6 Å². The first kappa shape index (κ1) is 8.69. The number of halogens is 2. The van der Waals surface area contributed by atoms with Gasteiger partial charge >= 0.3 is 5.97 Å². The third-order valence-corrected chi connectivity index (χ3v) is 1.36. The maximum atomic E-state index is 12.1. The summed E-state index contributed by atoms with van der Waals surface area (Å²) < 4.78 is 16.3. The molecule has 0 aromatic rings. The molecule has 0 aromatic heterocycles. The van der Waals surface area contributed by atoms with Gasteiger partial charge in [0.25, 0.3) is 0 Å². The van der Waals surface area contributed by atoms with Crippen LogP contribution in [0.15, 0.2) is 0 Å². The van der Waals surface area contributed by atoms with E-state index in [2.05, 4.69) is 4.74 Å². The van der Waals surface area contributed by atoms with E-state index in [1.807, 2.05) is 0 Å². The van der Waals surface area contributed by atoms with Crippen molar-refractivity contribution in [1.29, 1.82) is 0 Å². The number of alkyl halides is 2. The molecular formula is C5H8ClFO2. The Kier molecular flexibility index (Phi) is 3.54. The summed E-state index contributed by atoms with van der Waals surface area (Å²) in [5.41, 5.74) is 0. The first-order valence-corrected chi connectivity index (χ1v) is 2.89. The molecule has 0 aliphatic rings. The zero-order valence-electron chi connectivity index (χ0n) is 5.23. The van der Waals surface area contributed by atoms with Gasteiger partial charge in [-0.25, -0.2) is 4.39 Å². The lowest BCUT2D eigenvalue weighted by Gasteiger charge is -2.06. The van der Waals surface area contributed by atoms with Crippen LogP contribution in [0.4, 0.5) is 4.39 Å². The highest BCUT2D eigenvalue weighted by molar-refractivity contribution is 6.30. The van der Waals surface area contributed by atoms with Gasteiger partial charge in [0, 0.05) is 0 Å². The minimum Gasteiger partial charge on any atom is -0.468 e. The maximum absolute atomic E-state index is 12.1. The van der Waals surface area contributed by atoms with Gasteiger partial charge < -0.3 is 4.74 Å². The molecule has 0 aliphatic carbocycles. The summed E-state index contributed by atoms with van der Waals surface area (Å²) >= 11 is 5.22. The molecule has 0 fully saturated rings. The summed E-state index contributed by atoms with van der Waals surface area (Å²) in [6, 6.07) is 0. The lowest BCUT2D eigenvalue weighted by molar-refractivity contribution is -0.141. The van der Waals surface area contributed by atoms with E-state index < -0.39 is 17.5 Å². The summed E-state index contributed by atoms with van der Waals surface area (Å²) in [5, 5.41) is -1.17. The highest BCUT2D eigenvalue weighted by Gasteiger charge is 2.22. The fraction of sp³-hybridized carbons (Fsp3) is 0.800. The van der Waals surface area contributed by atoms with Crippen LogP contribution < -0.4 is 0 Å². The van der Waals surface area contributed by atoms with Gasteiger partial charge in [-0.05, 0) is 6.92 Å². The van der Waals surface area contributed by atoms with Gasteiger partial charge in [-0.15, -0.1) is 11.6 Å². The predicted molar refractivity (Wildman–Crippen MR) is 32.2 cm³/mol. The molecular weight excluding hydrogens is 147 g/mol. The Labute approximate surface area is 57.9 Å². The zero-order chi connectivity index (χ0) is 7.44. The largest absolute Gasteiger partial charge is 0.468 e. The molecule has 0 rings (SSSR count). The Hall–Kier alpha value is -0.310. The number of hydrogen-bond donors (Lipinski definition) is 0. The molecule has 0 saturated carbocycles. The summed E-state index contributed by atoms with van der Waals surface area (Å²) in [4.78, 5) is 10.4. The van der Waals surface area contributed by atoms with Gasteiger partial charge in [0.15, 0.2) is 5.38 Å². The molecule has 0 heterocycles. The molecule has 2 nitrogen and oxygen atoms in total. The standard InChI is InChI=1S/C5H8ClFO2/c1-3(7)4(6)5(8)9-2/h3-4H,1-2H3. The smallest absolute Gasteiger partial charge is 0.326 e. The first-order valence-electron chi connectivity index (χ1n) is 2.45. The second-order valence-electron chi connectivity index (χ2n) is 1.60. The summed E-state index contributed by atoms with van der Waals surface area (Å²) in [6.45, 7) is 1.20. The van der Waals surface area contributed by atoms with Crippen LogP contribution >= 0.6 is 11.6 Å². The van der Waals surface area contributed by atoms with Crippen molar-refractivity contribution in [3.05, 3.63) is 0 Å². The highest BCUT2D eigenvalue weighted by Crippen LogP contribution is 2.07. The molecule has 54 valence electrons. The minimum absolute atomic E-state index is 0.730.